The van der Waals surface area contributed by atoms with Gasteiger partial charge < -0.3 is 9.05 Å². The fraction of sp³-hybridized carbons (Fsp3) is 0.400. The van der Waals surface area contributed by atoms with Gasteiger partial charge in [0.25, 0.3) is 5.91 Å². The lowest BCUT2D eigenvalue weighted by Crippen LogP contribution is -2.14. The lowest BCUT2D eigenvalue weighted by molar-refractivity contribution is 0.102. The van der Waals surface area contributed by atoms with E-state index in [1.807, 2.05) is 13.0 Å². The Hall–Kier alpha value is -2.96. The van der Waals surface area contributed by atoms with Gasteiger partial charge in [-0.25, -0.2) is 0 Å². The van der Waals surface area contributed by atoms with Crippen molar-refractivity contribution >= 4 is 11.8 Å². The molecule has 4 rings (SSSR count). The number of hydrogen-bond donors (Lipinski definition) is 1. The Labute approximate surface area is 157 Å². The topological polar surface area (TPSA) is 94.0 Å². The Morgan fingerprint density at radius 1 is 1.11 bits per heavy atom. The van der Waals surface area contributed by atoms with E-state index in [2.05, 4.69) is 20.6 Å². The lowest BCUT2D eigenvalue weighted by Gasteiger charge is -2.19. The summed E-state index contributed by atoms with van der Waals surface area (Å²) in [5, 5.41) is 11.1. The van der Waals surface area contributed by atoms with Crippen molar-refractivity contribution in [3.8, 4) is 11.4 Å². The van der Waals surface area contributed by atoms with Crippen LogP contribution in [0.5, 0.6) is 0 Å². The molecule has 7 heteroatoms. The van der Waals surface area contributed by atoms with Gasteiger partial charge >= 0.3 is 0 Å². The van der Waals surface area contributed by atoms with Crippen molar-refractivity contribution in [3.05, 3.63) is 47.0 Å². The highest BCUT2D eigenvalue weighted by atomic mass is 16.5. The third-order valence-electron chi connectivity index (χ3n) is 5.18. The van der Waals surface area contributed by atoms with E-state index in [-0.39, 0.29) is 5.91 Å². The van der Waals surface area contributed by atoms with Crippen LogP contribution in [0.4, 0.5) is 5.88 Å². The summed E-state index contributed by atoms with van der Waals surface area (Å²) in [6, 6.07) is 5.43. The summed E-state index contributed by atoms with van der Waals surface area (Å²) in [5.41, 5.74) is 3.19. The summed E-state index contributed by atoms with van der Waals surface area (Å²) in [6.07, 6.45) is 7.60. The normalized spacial score (nSPS) is 15.0. The molecule has 27 heavy (non-hydrogen) atoms. The third-order valence-corrected chi connectivity index (χ3v) is 5.18. The summed E-state index contributed by atoms with van der Waals surface area (Å²) in [4.78, 5) is 17.2. The maximum atomic E-state index is 12.9. The van der Waals surface area contributed by atoms with E-state index in [1.165, 1.54) is 19.3 Å². The number of aromatic nitrogens is 3. The SMILES string of the molecule is Cc1onc(-c2ccccn2)c1C(=O)Nc1onc(C2CCCCC2)c1C. The first-order valence-corrected chi connectivity index (χ1v) is 9.30. The molecule has 0 atom stereocenters. The predicted molar refractivity (Wildman–Crippen MR) is 99.5 cm³/mol. The van der Waals surface area contributed by atoms with Crippen molar-refractivity contribution in [1.29, 1.82) is 0 Å². The van der Waals surface area contributed by atoms with Gasteiger partial charge in [-0.2, -0.15) is 0 Å². The van der Waals surface area contributed by atoms with E-state index in [9.17, 15) is 4.79 Å². The molecule has 0 radical (unpaired) electrons. The minimum Gasteiger partial charge on any atom is -0.360 e. The number of pyridine rings is 1. The molecule has 1 N–H and O–H groups in total. The summed E-state index contributed by atoms with van der Waals surface area (Å²) >= 11 is 0. The van der Waals surface area contributed by atoms with E-state index in [4.69, 9.17) is 9.05 Å². The Balaban J connectivity index is 1.59. The Morgan fingerprint density at radius 2 is 1.93 bits per heavy atom. The zero-order valence-electron chi connectivity index (χ0n) is 15.5. The minimum atomic E-state index is -0.344. The highest BCUT2D eigenvalue weighted by Crippen LogP contribution is 2.36. The first kappa shape index (κ1) is 17.5. The van der Waals surface area contributed by atoms with Gasteiger partial charge in [0.2, 0.25) is 5.88 Å². The van der Waals surface area contributed by atoms with E-state index < -0.39 is 0 Å². The van der Waals surface area contributed by atoms with Gasteiger partial charge in [0.1, 0.15) is 17.0 Å². The fourth-order valence-electron chi connectivity index (χ4n) is 3.70. The van der Waals surface area contributed by atoms with E-state index in [0.717, 1.165) is 24.1 Å². The molecule has 1 amide bonds. The van der Waals surface area contributed by atoms with Gasteiger partial charge in [-0.05, 0) is 38.8 Å². The van der Waals surface area contributed by atoms with Crippen LogP contribution in [0.1, 0.15) is 65.4 Å². The van der Waals surface area contributed by atoms with Gasteiger partial charge in [-0.15, -0.1) is 0 Å². The smallest absolute Gasteiger partial charge is 0.264 e. The van der Waals surface area contributed by atoms with Crippen molar-refractivity contribution in [2.24, 2.45) is 0 Å². The zero-order valence-corrected chi connectivity index (χ0v) is 15.5. The van der Waals surface area contributed by atoms with Crippen LogP contribution >= 0.6 is 0 Å². The van der Waals surface area contributed by atoms with Crippen LogP contribution in [0.25, 0.3) is 11.4 Å². The van der Waals surface area contributed by atoms with Crippen molar-refractivity contribution in [2.45, 2.75) is 51.9 Å². The van der Waals surface area contributed by atoms with Crippen LogP contribution in [0.2, 0.25) is 0 Å². The molecular weight excluding hydrogens is 344 g/mol. The molecule has 1 aliphatic rings. The van der Waals surface area contributed by atoms with Gasteiger partial charge in [-0.1, -0.05) is 35.6 Å². The monoisotopic (exact) mass is 366 g/mol. The van der Waals surface area contributed by atoms with Gasteiger partial charge in [-0.3, -0.25) is 15.1 Å². The molecule has 3 heterocycles. The number of anilines is 1. The molecule has 1 aliphatic carbocycles. The van der Waals surface area contributed by atoms with E-state index >= 15 is 0 Å². The molecule has 3 aromatic rings. The summed E-state index contributed by atoms with van der Waals surface area (Å²) < 4.78 is 10.7. The molecule has 0 aromatic carbocycles. The molecule has 0 spiro atoms. The van der Waals surface area contributed by atoms with E-state index in [1.54, 1.807) is 25.3 Å². The Bertz CT molecular complexity index is 940. The summed E-state index contributed by atoms with van der Waals surface area (Å²) in [7, 11) is 0. The number of nitrogens with one attached hydrogen (secondary N) is 1. The second kappa shape index (κ2) is 7.34. The van der Waals surface area contributed by atoms with Gasteiger partial charge in [0.05, 0.1) is 11.4 Å². The molecule has 0 bridgehead atoms. The van der Waals surface area contributed by atoms with Crippen LogP contribution in [-0.2, 0) is 0 Å². The largest absolute Gasteiger partial charge is 0.360 e. The van der Waals surface area contributed by atoms with Crippen molar-refractivity contribution in [2.75, 3.05) is 5.32 Å². The number of nitrogens with zero attached hydrogens (tertiary/aromatic N) is 3. The summed E-state index contributed by atoms with van der Waals surface area (Å²) in [5.74, 6) is 0.879. The zero-order chi connectivity index (χ0) is 18.8. The standard InChI is InChI=1S/C20H22N4O3/c1-12-17(14-8-4-3-5-9-14)23-27-20(12)22-19(25)16-13(2)26-24-18(16)15-10-6-7-11-21-15/h6-7,10-11,14H,3-5,8-9H2,1-2H3,(H,22,25). The molecule has 0 aliphatic heterocycles. The highest BCUT2D eigenvalue weighted by molar-refractivity contribution is 6.08. The summed E-state index contributed by atoms with van der Waals surface area (Å²) in [6.45, 7) is 3.64. The number of carbonyl (C=O) groups excluding carboxylic acids is 1. The van der Waals surface area contributed by atoms with Crippen LogP contribution in [0.3, 0.4) is 0 Å². The maximum Gasteiger partial charge on any atom is 0.264 e. The average Bonchev–Trinajstić information content (AvgIpc) is 3.26. The second-order valence-corrected chi connectivity index (χ2v) is 6.99. The number of carbonyl (C=O) groups is 1. The molecular formula is C20H22N4O3. The molecule has 1 saturated carbocycles. The molecule has 140 valence electrons. The van der Waals surface area contributed by atoms with Crippen LogP contribution in [0, 0.1) is 13.8 Å². The highest BCUT2D eigenvalue weighted by Gasteiger charge is 2.27. The molecule has 7 nitrogen and oxygen atoms in total. The van der Waals surface area contributed by atoms with Crippen molar-refractivity contribution in [1.82, 2.24) is 15.3 Å². The minimum absolute atomic E-state index is 0.344. The molecule has 1 fully saturated rings. The van der Waals surface area contributed by atoms with Gasteiger partial charge in [0.15, 0.2) is 0 Å². The third kappa shape index (κ3) is 3.37. The number of aryl methyl sites for hydroxylation is 1. The van der Waals surface area contributed by atoms with Crippen LogP contribution < -0.4 is 5.32 Å². The Morgan fingerprint density at radius 3 is 2.67 bits per heavy atom. The average molecular weight is 366 g/mol. The van der Waals surface area contributed by atoms with Crippen molar-refractivity contribution < 1.29 is 13.8 Å². The predicted octanol–water partition coefficient (Wildman–Crippen LogP) is 4.64. The number of rotatable bonds is 4. The van der Waals surface area contributed by atoms with Crippen LogP contribution in [0.15, 0.2) is 33.4 Å². The first-order chi connectivity index (χ1) is 13.1. The maximum absolute atomic E-state index is 12.9. The number of amides is 1. The van der Waals surface area contributed by atoms with E-state index in [0.29, 0.717) is 34.5 Å². The fourth-order valence-corrected chi connectivity index (χ4v) is 3.70. The molecule has 0 saturated heterocycles. The van der Waals surface area contributed by atoms with Crippen molar-refractivity contribution in [3.63, 3.8) is 0 Å². The first-order valence-electron chi connectivity index (χ1n) is 9.30. The number of hydrogen-bond acceptors (Lipinski definition) is 6. The molecule has 0 unspecified atom stereocenters. The quantitative estimate of drug-likeness (QED) is 0.723. The van der Waals surface area contributed by atoms with Gasteiger partial charge in [0, 0.05) is 17.7 Å². The van der Waals surface area contributed by atoms with Crippen LogP contribution in [-0.4, -0.2) is 21.2 Å². The lowest BCUT2D eigenvalue weighted by atomic mass is 9.86. The second-order valence-electron chi connectivity index (χ2n) is 6.99. The molecule has 3 aromatic heterocycles. The Kier molecular flexibility index (Phi) is 4.75.